The Balaban J connectivity index is 3.73. The van der Waals surface area contributed by atoms with Crippen LogP contribution < -0.4 is 5.32 Å². The van der Waals surface area contributed by atoms with Gasteiger partial charge in [0.1, 0.15) is 0 Å². The summed E-state index contributed by atoms with van der Waals surface area (Å²) in [6.45, 7) is 4.14. The normalized spacial score (nSPS) is 14.4. The van der Waals surface area contributed by atoms with Crippen LogP contribution in [0.5, 0.6) is 0 Å². The summed E-state index contributed by atoms with van der Waals surface area (Å²) in [5.74, 6) is -0.0867. The van der Waals surface area contributed by atoms with Crippen molar-refractivity contribution in [2.75, 3.05) is 6.61 Å². The maximum atomic E-state index is 12.3. The van der Waals surface area contributed by atoms with Crippen LogP contribution in [-0.4, -0.2) is 34.9 Å². The van der Waals surface area contributed by atoms with Gasteiger partial charge in [0.15, 0.2) is 0 Å². The number of carbonyl (C=O) groups is 1. The van der Waals surface area contributed by atoms with E-state index in [0.29, 0.717) is 12.8 Å². The minimum Gasteiger partial charge on any atom is -0.394 e. The number of unbranched alkanes of at least 4 members (excludes halogenated alkanes) is 7. The van der Waals surface area contributed by atoms with Gasteiger partial charge in [-0.05, 0) is 89.9 Å². The van der Waals surface area contributed by atoms with E-state index < -0.39 is 12.1 Å². The average Bonchev–Trinajstić information content (AvgIpc) is 3.13. The molecule has 0 heterocycles. The molecule has 286 valence electrons. The van der Waals surface area contributed by atoms with Crippen molar-refractivity contribution >= 4 is 5.91 Å². The Hall–Kier alpha value is -3.21. The number of amides is 1. The first-order valence-corrected chi connectivity index (χ1v) is 20.2. The lowest BCUT2D eigenvalue weighted by molar-refractivity contribution is -0.123. The fourth-order valence-corrected chi connectivity index (χ4v) is 5.15. The predicted molar refractivity (Wildman–Crippen MR) is 225 cm³/mol. The molecule has 0 fully saturated rings. The molecule has 0 aromatic rings. The summed E-state index contributed by atoms with van der Waals surface area (Å²) in [7, 11) is 0. The minimum atomic E-state index is -0.682. The van der Waals surface area contributed by atoms with E-state index in [1.807, 2.05) is 0 Å². The molecule has 3 N–H and O–H groups in total. The predicted octanol–water partition coefficient (Wildman–Crippen LogP) is 12.6. The molecule has 4 nitrogen and oxygen atoms in total. The van der Waals surface area contributed by atoms with Crippen molar-refractivity contribution in [2.45, 2.75) is 161 Å². The minimum absolute atomic E-state index is 0.0867. The highest BCUT2D eigenvalue weighted by Crippen LogP contribution is 2.11. The monoisotopic (exact) mass is 702 g/mol. The third kappa shape index (κ3) is 37.9. The van der Waals surface area contributed by atoms with Crippen molar-refractivity contribution in [1.82, 2.24) is 5.32 Å². The van der Waals surface area contributed by atoms with Gasteiger partial charge in [0.25, 0.3) is 0 Å². The van der Waals surface area contributed by atoms with Gasteiger partial charge >= 0.3 is 0 Å². The molecule has 2 unspecified atom stereocenters. The van der Waals surface area contributed by atoms with E-state index in [2.05, 4.69) is 141 Å². The zero-order chi connectivity index (χ0) is 37.1. The molecule has 4 heteroatoms. The van der Waals surface area contributed by atoms with Gasteiger partial charge in [-0.3, -0.25) is 4.79 Å². The van der Waals surface area contributed by atoms with Crippen LogP contribution in [0.25, 0.3) is 0 Å². The van der Waals surface area contributed by atoms with Gasteiger partial charge in [-0.15, -0.1) is 0 Å². The molecule has 0 aromatic carbocycles. The number of rotatable bonds is 34. The molecule has 0 saturated carbocycles. The van der Waals surface area contributed by atoms with Crippen LogP contribution in [0.1, 0.15) is 149 Å². The Morgan fingerprint density at radius 1 is 0.490 bits per heavy atom. The second-order valence-electron chi connectivity index (χ2n) is 13.0. The van der Waals surface area contributed by atoms with Crippen LogP contribution in [0.3, 0.4) is 0 Å². The van der Waals surface area contributed by atoms with E-state index in [9.17, 15) is 15.0 Å². The third-order valence-corrected chi connectivity index (χ3v) is 8.24. The van der Waals surface area contributed by atoms with E-state index in [1.165, 1.54) is 25.7 Å². The van der Waals surface area contributed by atoms with E-state index in [1.54, 1.807) is 0 Å². The molecular formula is C47H75NO3. The van der Waals surface area contributed by atoms with Crippen molar-refractivity contribution < 1.29 is 15.0 Å². The first-order valence-electron chi connectivity index (χ1n) is 20.2. The molecule has 0 rings (SSSR count). The second kappa shape index (κ2) is 41.2. The van der Waals surface area contributed by atoms with Crippen molar-refractivity contribution in [3.8, 4) is 0 Å². The van der Waals surface area contributed by atoms with Gasteiger partial charge in [-0.1, -0.05) is 174 Å². The molecule has 0 bridgehead atoms. The number of aliphatic hydroxyl groups is 2. The van der Waals surface area contributed by atoms with Crippen LogP contribution >= 0.6 is 0 Å². The maximum Gasteiger partial charge on any atom is 0.220 e. The summed E-state index contributed by atoms with van der Waals surface area (Å²) in [5, 5.41) is 22.8. The van der Waals surface area contributed by atoms with E-state index in [4.69, 9.17) is 0 Å². The molecule has 0 aliphatic heterocycles. The first-order chi connectivity index (χ1) is 25.2. The Morgan fingerprint density at radius 3 is 1.25 bits per heavy atom. The van der Waals surface area contributed by atoms with Crippen molar-refractivity contribution in [3.63, 3.8) is 0 Å². The SMILES string of the molecule is CC/C=C\C/C=C\C/C=C\C/C=C\C/C=C\C/C=C\C/C=C\C/C=C\C/C=C\C/C=C\CCCCC(=O)NC(CO)C(O)CCCCCCCC. The molecule has 0 spiro atoms. The number of allylic oxidation sites excluding steroid dienone is 20. The number of hydrogen-bond donors (Lipinski definition) is 3. The summed E-state index contributed by atoms with van der Waals surface area (Å²) < 4.78 is 0. The molecule has 0 aliphatic carbocycles. The van der Waals surface area contributed by atoms with Gasteiger partial charge < -0.3 is 15.5 Å². The van der Waals surface area contributed by atoms with Gasteiger partial charge in [0.05, 0.1) is 18.8 Å². The second-order valence-corrected chi connectivity index (χ2v) is 13.0. The average molecular weight is 702 g/mol. The van der Waals surface area contributed by atoms with Crippen molar-refractivity contribution in [2.24, 2.45) is 0 Å². The quantitative estimate of drug-likeness (QED) is 0.0462. The van der Waals surface area contributed by atoms with Crippen LogP contribution in [0.4, 0.5) is 0 Å². The Labute approximate surface area is 314 Å². The maximum absolute atomic E-state index is 12.3. The number of carbonyl (C=O) groups excluding carboxylic acids is 1. The first kappa shape index (κ1) is 47.8. The molecule has 0 saturated heterocycles. The topological polar surface area (TPSA) is 69.6 Å². The fraction of sp³-hybridized carbons (Fsp3) is 0.553. The Morgan fingerprint density at radius 2 is 0.863 bits per heavy atom. The number of nitrogens with one attached hydrogen (secondary N) is 1. The lowest BCUT2D eigenvalue weighted by Crippen LogP contribution is -2.45. The summed E-state index contributed by atoms with van der Waals surface area (Å²) in [5.41, 5.74) is 0. The Bertz CT molecular complexity index is 1070. The van der Waals surface area contributed by atoms with Gasteiger partial charge in [-0.2, -0.15) is 0 Å². The molecule has 0 aromatic heterocycles. The summed E-state index contributed by atoms with van der Waals surface area (Å²) in [4.78, 5) is 12.3. The number of hydrogen-bond acceptors (Lipinski definition) is 3. The molecule has 0 radical (unpaired) electrons. The van der Waals surface area contributed by atoms with E-state index in [0.717, 1.165) is 96.3 Å². The zero-order valence-electron chi connectivity index (χ0n) is 32.6. The summed E-state index contributed by atoms with van der Waals surface area (Å²) in [6.07, 6.45) is 64.3. The Kier molecular flexibility index (Phi) is 38.6. The van der Waals surface area contributed by atoms with Gasteiger partial charge in [0.2, 0.25) is 5.91 Å². The molecule has 1 amide bonds. The standard InChI is InChI=1S/C47H75NO3/c1-3-5-7-9-11-12-13-14-15-16-17-18-19-20-21-22-23-24-25-26-27-28-29-30-31-32-33-34-35-36-37-39-41-43-47(51)48-45(44-49)46(50)42-40-38-10-8-6-4-2/h5,7,11-12,14-15,17-18,20-21,23-24,26-27,29-30,32-33,35-36,45-46,49-50H,3-4,6,8-10,13,16,19,22,25,28,31,34,37-44H2,1-2H3,(H,48,51)/b7-5-,12-11-,15-14-,18-17-,21-20-,24-23-,27-26-,30-29-,33-32-,36-35-. The van der Waals surface area contributed by atoms with Crippen LogP contribution in [0, 0.1) is 0 Å². The van der Waals surface area contributed by atoms with Crippen molar-refractivity contribution in [3.05, 3.63) is 122 Å². The lowest BCUT2D eigenvalue weighted by atomic mass is 10.0. The van der Waals surface area contributed by atoms with E-state index >= 15 is 0 Å². The fourth-order valence-electron chi connectivity index (χ4n) is 5.15. The smallest absolute Gasteiger partial charge is 0.220 e. The van der Waals surface area contributed by atoms with Gasteiger partial charge in [0, 0.05) is 6.42 Å². The molecule has 0 aliphatic rings. The summed E-state index contributed by atoms with van der Waals surface area (Å²) in [6, 6.07) is -0.565. The van der Waals surface area contributed by atoms with Crippen LogP contribution in [0.15, 0.2) is 122 Å². The molecular weight excluding hydrogens is 627 g/mol. The zero-order valence-corrected chi connectivity index (χ0v) is 32.6. The van der Waals surface area contributed by atoms with E-state index in [-0.39, 0.29) is 12.5 Å². The largest absolute Gasteiger partial charge is 0.394 e. The summed E-state index contributed by atoms with van der Waals surface area (Å²) >= 11 is 0. The molecule has 2 atom stereocenters. The highest BCUT2D eigenvalue weighted by molar-refractivity contribution is 5.76. The number of aliphatic hydroxyl groups excluding tert-OH is 2. The van der Waals surface area contributed by atoms with Crippen molar-refractivity contribution in [1.29, 1.82) is 0 Å². The van der Waals surface area contributed by atoms with Gasteiger partial charge in [-0.25, -0.2) is 0 Å². The highest BCUT2D eigenvalue weighted by atomic mass is 16.3. The van der Waals surface area contributed by atoms with Crippen LogP contribution in [0.2, 0.25) is 0 Å². The molecule has 51 heavy (non-hydrogen) atoms. The van der Waals surface area contributed by atoms with Crippen LogP contribution in [-0.2, 0) is 4.79 Å². The highest BCUT2D eigenvalue weighted by Gasteiger charge is 2.19. The lowest BCUT2D eigenvalue weighted by Gasteiger charge is -2.22. The third-order valence-electron chi connectivity index (χ3n) is 8.24.